The SMILES string of the molecule is COc1cc(C2SCCS2)ccc1OCC(=O)Nc1ccc2c(c1)OCCO2. The van der Waals surface area contributed by atoms with Gasteiger partial charge >= 0.3 is 0 Å². The van der Waals surface area contributed by atoms with Crippen LogP contribution < -0.4 is 24.3 Å². The zero-order valence-electron chi connectivity index (χ0n) is 15.4. The molecule has 0 atom stereocenters. The number of anilines is 1. The average Bonchev–Trinajstić information content (AvgIpc) is 3.27. The Kier molecular flexibility index (Phi) is 6.07. The molecule has 28 heavy (non-hydrogen) atoms. The van der Waals surface area contributed by atoms with Crippen LogP contribution in [0, 0.1) is 0 Å². The highest BCUT2D eigenvalue weighted by Crippen LogP contribution is 2.46. The first-order chi connectivity index (χ1) is 13.7. The molecule has 0 bridgehead atoms. The smallest absolute Gasteiger partial charge is 0.262 e. The van der Waals surface area contributed by atoms with Crippen LogP contribution in [0.4, 0.5) is 5.69 Å². The lowest BCUT2D eigenvalue weighted by atomic mass is 10.2. The minimum atomic E-state index is -0.260. The standard InChI is InChI=1S/C20H21NO5S2/c1-23-17-10-13(20-27-8-9-28-20)2-4-15(17)26-12-19(22)21-14-3-5-16-18(11-14)25-7-6-24-16/h2-5,10-11,20H,6-9,12H2,1H3,(H,21,22). The van der Waals surface area contributed by atoms with Gasteiger partial charge in [0.15, 0.2) is 29.6 Å². The second-order valence-electron chi connectivity index (χ2n) is 6.18. The third-order valence-corrected chi connectivity index (χ3v) is 7.37. The van der Waals surface area contributed by atoms with Gasteiger partial charge in [0.25, 0.3) is 5.91 Å². The van der Waals surface area contributed by atoms with Gasteiger partial charge in [-0.15, -0.1) is 23.5 Å². The summed E-state index contributed by atoms with van der Waals surface area (Å²) in [6.07, 6.45) is 0. The van der Waals surface area contributed by atoms with Gasteiger partial charge in [0.1, 0.15) is 13.2 Å². The number of ether oxygens (including phenoxy) is 4. The van der Waals surface area contributed by atoms with Crippen LogP contribution in [0.2, 0.25) is 0 Å². The zero-order valence-corrected chi connectivity index (χ0v) is 17.1. The van der Waals surface area contributed by atoms with Gasteiger partial charge in [0.05, 0.1) is 11.7 Å². The first-order valence-electron chi connectivity index (χ1n) is 8.96. The zero-order chi connectivity index (χ0) is 19.3. The quantitative estimate of drug-likeness (QED) is 0.760. The van der Waals surface area contributed by atoms with Crippen molar-refractivity contribution in [2.45, 2.75) is 4.58 Å². The maximum Gasteiger partial charge on any atom is 0.262 e. The van der Waals surface area contributed by atoms with Gasteiger partial charge in [-0.25, -0.2) is 0 Å². The molecule has 0 radical (unpaired) electrons. The van der Waals surface area contributed by atoms with Crippen molar-refractivity contribution in [3.8, 4) is 23.0 Å². The summed E-state index contributed by atoms with van der Waals surface area (Å²) in [5.74, 6) is 4.57. The number of methoxy groups -OCH3 is 1. The Morgan fingerprint density at radius 1 is 1.07 bits per heavy atom. The number of hydrogen-bond donors (Lipinski definition) is 1. The Balaban J connectivity index is 1.36. The molecule has 2 aliphatic heterocycles. The topological polar surface area (TPSA) is 66.0 Å². The van der Waals surface area contributed by atoms with Crippen LogP contribution in [-0.4, -0.2) is 44.3 Å². The third kappa shape index (κ3) is 4.44. The molecule has 2 heterocycles. The predicted molar refractivity (Wildman–Crippen MR) is 112 cm³/mol. The molecule has 0 aliphatic carbocycles. The summed E-state index contributed by atoms with van der Waals surface area (Å²) in [5, 5.41) is 2.81. The van der Waals surface area contributed by atoms with Crippen LogP contribution in [0.25, 0.3) is 0 Å². The molecule has 148 valence electrons. The molecule has 6 nitrogen and oxygen atoms in total. The first-order valence-corrected chi connectivity index (χ1v) is 11.1. The van der Waals surface area contributed by atoms with Crippen LogP contribution in [-0.2, 0) is 4.79 Å². The van der Waals surface area contributed by atoms with Crippen LogP contribution in [0.5, 0.6) is 23.0 Å². The summed E-state index contributed by atoms with van der Waals surface area (Å²) in [6, 6.07) is 11.2. The normalized spacial score (nSPS) is 15.9. The number of rotatable bonds is 6. The maximum atomic E-state index is 12.3. The van der Waals surface area contributed by atoms with E-state index in [9.17, 15) is 4.79 Å². The van der Waals surface area contributed by atoms with E-state index in [0.29, 0.717) is 46.5 Å². The summed E-state index contributed by atoms with van der Waals surface area (Å²) >= 11 is 3.87. The molecule has 8 heteroatoms. The summed E-state index contributed by atoms with van der Waals surface area (Å²) in [7, 11) is 1.61. The lowest BCUT2D eigenvalue weighted by Crippen LogP contribution is -2.21. The van der Waals surface area contributed by atoms with Crippen molar-refractivity contribution < 1.29 is 23.7 Å². The molecular weight excluding hydrogens is 398 g/mol. The Labute approximate surface area is 172 Å². The van der Waals surface area contributed by atoms with Gasteiger partial charge in [-0.1, -0.05) is 6.07 Å². The Morgan fingerprint density at radius 2 is 1.86 bits per heavy atom. The largest absolute Gasteiger partial charge is 0.493 e. The van der Waals surface area contributed by atoms with Gasteiger partial charge < -0.3 is 24.3 Å². The van der Waals surface area contributed by atoms with E-state index in [1.54, 1.807) is 25.3 Å². The number of fused-ring (bicyclic) bond motifs is 1. The molecule has 1 saturated heterocycles. The highest BCUT2D eigenvalue weighted by atomic mass is 32.2. The van der Waals surface area contributed by atoms with E-state index in [0.717, 1.165) is 11.5 Å². The van der Waals surface area contributed by atoms with E-state index in [1.807, 2.05) is 41.7 Å². The van der Waals surface area contributed by atoms with Crippen molar-refractivity contribution in [1.29, 1.82) is 0 Å². The van der Waals surface area contributed by atoms with Crippen LogP contribution in [0.3, 0.4) is 0 Å². The molecule has 0 unspecified atom stereocenters. The predicted octanol–water partition coefficient (Wildman–Crippen LogP) is 3.96. The van der Waals surface area contributed by atoms with Crippen LogP contribution in [0.1, 0.15) is 10.1 Å². The number of carbonyl (C=O) groups is 1. The van der Waals surface area contributed by atoms with Crippen molar-refractivity contribution in [1.82, 2.24) is 0 Å². The monoisotopic (exact) mass is 419 g/mol. The molecule has 2 aromatic carbocycles. The number of benzene rings is 2. The minimum absolute atomic E-state index is 0.114. The lowest BCUT2D eigenvalue weighted by molar-refractivity contribution is -0.118. The van der Waals surface area contributed by atoms with E-state index < -0.39 is 0 Å². The maximum absolute atomic E-state index is 12.3. The molecule has 1 N–H and O–H groups in total. The molecule has 2 aliphatic rings. The van der Waals surface area contributed by atoms with E-state index in [2.05, 4.69) is 5.32 Å². The summed E-state index contributed by atoms with van der Waals surface area (Å²) in [6.45, 7) is 0.920. The summed E-state index contributed by atoms with van der Waals surface area (Å²) < 4.78 is 22.6. The average molecular weight is 420 g/mol. The van der Waals surface area contributed by atoms with Gasteiger partial charge in [0, 0.05) is 23.3 Å². The van der Waals surface area contributed by atoms with Crippen LogP contribution >= 0.6 is 23.5 Å². The fraction of sp³-hybridized carbons (Fsp3) is 0.350. The molecule has 1 amide bonds. The highest BCUT2D eigenvalue weighted by molar-refractivity contribution is 8.19. The number of amides is 1. The van der Waals surface area contributed by atoms with Crippen LogP contribution in [0.15, 0.2) is 36.4 Å². The van der Waals surface area contributed by atoms with Crippen molar-refractivity contribution in [3.05, 3.63) is 42.0 Å². The van der Waals surface area contributed by atoms with Gasteiger partial charge in [-0.05, 0) is 29.8 Å². The molecule has 2 aromatic rings. The van der Waals surface area contributed by atoms with Crippen molar-refractivity contribution in [3.63, 3.8) is 0 Å². The second kappa shape index (κ2) is 8.87. The van der Waals surface area contributed by atoms with E-state index in [4.69, 9.17) is 18.9 Å². The van der Waals surface area contributed by atoms with Crippen molar-refractivity contribution in [2.75, 3.05) is 43.8 Å². The van der Waals surface area contributed by atoms with Crippen molar-refractivity contribution >= 4 is 35.1 Å². The minimum Gasteiger partial charge on any atom is -0.493 e. The second-order valence-corrected chi connectivity index (χ2v) is 8.90. The highest BCUT2D eigenvalue weighted by Gasteiger charge is 2.20. The molecule has 0 aromatic heterocycles. The Hall–Kier alpha value is -2.19. The van der Waals surface area contributed by atoms with Crippen molar-refractivity contribution in [2.24, 2.45) is 0 Å². The summed E-state index contributed by atoms with van der Waals surface area (Å²) in [5.41, 5.74) is 1.84. The van der Waals surface area contributed by atoms with E-state index in [1.165, 1.54) is 5.56 Å². The van der Waals surface area contributed by atoms with Gasteiger partial charge in [-0.3, -0.25) is 4.79 Å². The number of nitrogens with one attached hydrogen (secondary N) is 1. The number of hydrogen-bond acceptors (Lipinski definition) is 7. The van der Waals surface area contributed by atoms with E-state index in [-0.39, 0.29) is 12.5 Å². The third-order valence-electron chi connectivity index (χ3n) is 4.27. The molecule has 0 saturated carbocycles. The number of carbonyl (C=O) groups excluding carboxylic acids is 1. The fourth-order valence-corrected chi connectivity index (χ4v) is 5.80. The molecule has 4 rings (SSSR count). The Morgan fingerprint density at radius 3 is 2.64 bits per heavy atom. The molecular formula is C20H21NO5S2. The fourth-order valence-electron chi connectivity index (χ4n) is 2.96. The van der Waals surface area contributed by atoms with Gasteiger partial charge in [-0.2, -0.15) is 0 Å². The van der Waals surface area contributed by atoms with Gasteiger partial charge in [0.2, 0.25) is 0 Å². The summed E-state index contributed by atoms with van der Waals surface area (Å²) in [4.78, 5) is 12.3. The molecule has 0 spiro atoms. The Bertz CT molecular complexity index is 854. The molecule has 1 fully saturated rings. The number of thioether (sulfide) groups is 2. The first kappa shape index (κ1) is 19.1. The van der Waals surface area contributed by atoms with E-state index >= 15 is 0 Å². The lowest BCUT2D eigenvalue weighted by Gasteiger charge is -2.19.